The third kappa shape index (κ3) is 2.91. The van der Waals surface area contributed by atoms with Crippen molar-refractivity contribution >= 4 is 5.97 Å². The quantitative estimate of drug-likeness (QED) is 0.895. The Morgan fingerprint density at radius 1 is 1.17 bits per heavy atom. The molecule has 1 unspecified atom stereocenters. The van der Waals surface area contributed by atoms with Crippen LogP contribution in [0.2, 0.25) is 0 Å². The van der Waals surface area contributed by atoms with E-state index in [0.29, 0.717) is 0 Å². The molecule has 1 aromatic carbocycles. The molecular weight excluding hydrogens is 228 g/mol. The average molecular weight is 242 g/mol. The molecule has 92 valence electrons. The van der Waals surface area contributed by atoms with Gasteiger partial charge in [0.1, 0.15) is 6.33 Å². The van der Waals surface area contributed by atoms with E-state index in [9.17, 15) is 4.79 Å². The van der Waals surface area contributed by atoms with Gasteiger partial charge < -0.3 is 5.11 Å². The van der Waals surface area contributed by atoms with E-state index in [2.05, 4.69) is 9.97 Å². The minimum Gasteiger partial charge on any atom is -0.481 e. The summed E-state index contributed by atoms with van der Waals surface area (Å²) < 4.78 is 0. The number of benzene rings is 1. The molecule has 0 fully saturated rings. The molecule has 0 saturated carbocycles. The Kier molecular flexibility index (Phi) is 3.67. The lowest BCUT2D eigenvalue weighted by molar-refractivity contribution is -0.137. The predicted molar refractivity (Wildman–Crippen MR) is 68.1 cm³/mol. The minimum absolute atomic E-state index is 0.0172. The fraction of sp³-hybridized carbons (Fsp3) is 0.214. The molecule has 0 bridgehead atoms. The lowest BCUT2D eigenvalue weighted by atomic mass is 9.96. The van der Waals surface area contributed by atoms with Crippen LogP contribution in [-0.4, -0.2) is 21.0 Å². The van der Waals surface area contributed by atoms with Gasteiger partial charge in [0.25, 0.3) is 0 Å². The number of aliphatic carboxylic acids is 1. The molecule has 0 spiro atoms. The van der Waals surface area contributed by atoms with Gasteiger partial charge in [-0.15, -0.1) is 0 Å². The van der Waals surface area contributed by atoms with Crippen LogP contribution in [-0.2, 0) is 4.79 Å². The van der Waals surface area contributed by atoms with Crippen molar-refractivity contribution in [3.63, 3.8) is 0 Å². The summed E-state index contributed by atoms with van der Waals surface area (Å²) in [6, 6.07) is 7.84. The average Bonchev–Trinajstić information content (AvgIpc) is 2.39. The maximum atomic E-state index is 10.7. The van der Waals surface area contributed by atoms with E-state index >= 15 is 0 Å². The van der Waals surface area contributed by atoms with E-state index in [4.69, 9.17) is 5.11 Å². The molecule has 1 atom stereocenters. The number of carboxylic acid groups (broad SMARTS) is 1. The van der Waals surface area contributed by atoms with E-state index in [0.717, 1.165) is 16.7 Å². The van der Waals surface area contributed by atoms with Crippen molar-refractivity contribution in [1.82, 2.24) is 9.97 Å². The van der Waals surface area contributed by atoms with Crippen molar-refractivity contribution in [2.24, 2.45) is 0 Å². The third-order valence-corrected chi connectivity index (χ3v) is 2.85. The Bertz CT molecular complexity index is 523. The molecule has 0 aliphatic rings. The van der Waals surface area contributed by atoms with Crippen LogP contribution in [0.4, 0.5) is 0 Å². The highest BCUT2D eigenvalue weighted by Gasteiger charge is 2.10. The fourth-order valence-electron chi connectivity index (χ4n) is 1.83. The van der Waals surface area contributed by atoms with Gasteiger partial charge in [0, 0.05) is 18.0 Å². The summed E-state index contributed by atoms with van der Waals surface area (Å²) in [6.07, 6.45) is 5.14. The number of hydrogen-bond donors (Lipinski definition) is 1. The van der Waals surface area contributed by atoms with Gasteiger partial charge in [-0.05, 0) is 17.0 Å². The Hall–Kier alpha value is -2.23. The highest BCUT2D eigenvalue weighted by atomic mass is 16.4. The predicted octanol–water partition coefficient (Wildman–Crippen LogP) is 2.72. The number of carbonyl (C=O) groups is 1. The highest BCUT2D eigenvalue weighted by Crippen LogP contribution is 2.23. The molecule has 1 heterocycles. The second-order valence-corrected chi connectivity index (χ2v) is 4.25. The zero-order chi connectivity index (χ0) is 13.0. The van der Waals surface area contributed by atoms with E-state index in [-0.39, 0.29) is 12.3 Å². The standard InChI is InChI=1S/C14H14N2O2/c1-10(6-14(17)18)11-2-4-12(5-3-11)13-7-15-9-16-8-13/h2-5,7-10H,6H2,1H3,(H,17,18). The van der Waals surface area contributed by atoms with E-state index in [1.165, 1.54) is 6.33 Å². The zero-order valence-corrected chi connectivity index (χ0v) is 10.1. The largest absolute Gasteiger partial charge is 0.481 e. The Morgan fingerprint density at radius 2 is 1.78 bits per heavy atom. The van der Waals surface area contributed by atoms with Crippen molar-refractivity contribution in [2.75, 3.05) is 0 Å². The lowest BCUT2D eigenvalue weighted by Gasteiger charge is -2.09. The molecule has 0 radical (unpaired) electrons. The molecule has 2 rings (SSSR count). The monoisotopic (exact) mass is 242 g/mol. The van der Waals surface area contributed by atoms with Crippen molar-refractivity contribution in [1.29, 1.82) is 0 Å². The molecular formula is C14H14N2O2. The van der Waals surface area contributed by atoms with Crippen molar-refractivity contribution in [3.05, 3.63) is 48.5 Å². The lowest BCUT2D eigenvalue weighted by Crippen LogP contribution is -2.02. The van der Waals surface area contributed by atoms with Crippen LogP contribution < -0.4 is 0 Å². The summed E-state index contributed by atoms with van der Waals surface area (Å²) in [4.78, 5) is 18.6. The van der Waals surface area contributed by atoms with Gasteiger partial charge in [0.05, 0.1) is 6.42 Å². The van der Waals surface area contributed by atoms with Crippen LogP contribution in [0.15, 0.2) is 43.0 Å². The topological polar surface area (TPSA) is 63.1 Å². The number of rotatable bonds is 4. The maximum absolute atomic E-state index is 10.7. The van der Waals surface area contributed by atoms with E-state index in [1.54, 1.807) is 12.4 Å². The van der Waals surface area contributed by atoms with Crippen LogP contribution in [0, 0.1) is 0 Å². The number of aromatic nitrogens is 2. The van der Waals surface area contributed by atoms with Gasteiger partial charge in [-0.25, -0.2) is 9.97 Å². The fourth-order valence-corrected chi connectivity index (χ4v) is 1.83. The van der Waals surface area contributed by atoms with E-state index < -0.39 is 5.97 Å². The first-order chi connectivity index (χ1) is 8.66. The van der Waals surface area contributed by atoms with Gasteiger partial charge in [0.2, 0.25) is 0 Å². The van der Waals surface area contributed by atoms with Crippen LogP contribution in [0.25, 0.3) is 11.1 Å². The summed E-state index contributed by atoms with van der Waals surface area (Å²) in [5.74, 6) is -0.758. The number of hydrogen-bond acceptors (Lipinski definition) is 3. The molecule has 4 nitrogen and oxygen atoms in total. The van der Waals surface area contributed by atoms with Gasteiger partial charge in [-0.3, -0.25) is 4.79 Å². The summed E-state index contributed by atoms with van der Waals surface area (Å²) in [6.45, 7) is 1.91. The molecule has 2 aromatic rings. The number of carboxylic acids is 1. The first kappa shape index (κ1) is 12.2. The Labute approximate surface area is 105 Å². The van der Waals surface area contributed by atoms with Crippen LogP contribution >= 0.6 is 0 Å². The first-order valence-corrected chi connectivity index (χ1v) is 5.74. The van der Waals surface area contributed by atoms with Gasteiger partial charge >= 0.3 is 5.97 Å². The normalized spacial score (nSPS) is 12.1. The van der Waals surface area contributed by atoms with Crippen LogP contribution in [0.5, 0.6) is 0 Å². The summed E-state index contributed by atoms with van der Waals surface area (Å²) >= 11 is 0. The second kappa shape index (κ2) is 5.40. The molecule has 1 N–H and O–H groups in total. The van der Waals surface area contributed by atoms with E-state index in [1.807, 2.05) is 31.2 Å². The molecule has 18 heavy (non-hydrogen) atoms. The summed E-state index contributed by atoms with van der Waals surface area (Å²) in [7, 11) is 0. The Balaban J connectivity index is 2.18. The number of nitrogens with zero attached hydrogens (tertiary/aromatic N) is 2. The van der Waals surface area contributed by atoms with Crippen LogP contribution in [0.1, 0.15) is 24.8 Å². The summed E-state index contributed by atoms with van der Waals surface area (Å²) in [5, 5.41) is 8.76. The molecule has 0 aliphatic carbocycles. The molecule has 0 amide bonds. The summed E-state index contributed by atoms with van der Waals surface area (Å²) in [5.41, 5.74) is 3.01. The van der Waals surface area contributed by atoms with Crippen molar-refractivity contribution in [3.8, 4) is 11.1 Å². The third-order valence-electron chi connectivity index (χ3n) is 2.85. The minimum atomic E-state index is -0.775. The van der Waals surface area contributed by atoms with Gasteiger partial charge in [-0.1, -0.05) is 31.2 Å². The second-order valence-electron chi connectivity index (χ2n) is 4.25. The van der Waals surface area contributed by atoms with Gasteiger partial charge in [0.15, 0.2) is 0 Å². The molecule has 4 heteroatoms. The molecule has 0 aliphatic heterocycles. The highest BCUT2D eigenvalue weighted by molar-refractivity contribution is 5.68. The molecule has 0 saturated heterocycles. The van der Waals surface area contributed by atoms with Gasteiger partial charge in [-0.2, -0.15) is 0 Å². The molecule has 1 aromatic heterocycles. The Morgan fingerprint density at radius 3 is 2.33 bits per heavy atom. The zero-order valence-electron chi connectivity index (χ0n) is 10.1. The maximum Gasteiger partial charge on any atom is 0.303 e. The van der Waals surface area contributed by atoms with Crippen LogP contribution in [0.3, 0.4) is 0 Å². The van der Waals surface area contributed by atoms with Crippen molar-refractivity contribution in [2.45, 2.75) is 19.3 Å². The first-order valence-electron chi connectivity index (χ1n) is 5.74. The van der Waals surface area contributed by atoms with Crippen molar-refractivity contribution < 1.29 is 9.90 Å². The SMILES string of the molecule is CC(CC(=O)O)c1ccc(-c2cncnc2)cc1. The smallest absolute Gasteiger partial charge is 0.303 e.